The molecule has 0 aromatic heterocycles. The van der Waals surface area contributed by atoms with Crippen LogP contribution in [0.5, 0.6) is 23.0 Å². The number of para-hydroxylation sites is 3. The van der Waals surface area contributed by atoms with E-state index < -0.39 is 0 Å². The molecule has 0 bridgehead atoms. The van der Waals surface area contributed by atoms with Crippen molar-refractivity contribution < 1.29 is 14.6 Å². The van der Waals surface area contributed by atoms with Crippen LogP contribution in [0.25, 0.3) is 0 Å². The molecule has 7 heteroatoms. The molecule has 0 aliphatic heterocycles. The van der Waals surface area contributed by atoms with Gasteiger partial charge in [-0.3, -0.25) is 4.72 Å². The van der Waals surface area contributed by atoms with Gasteiger partial charge in [-0.2, -0.15) is 5.10 Å². The van der Waals surface area contributed by atoms with Gasteiger partial charge in [-0.25, -0.2) is 5.43 Å². The summed E-state index contributed by atoms with van der Waals surface area (Å²) < 4.78 is 14.0. The highest BCUT2D eigenvalue weighted by Gasteiger charge is 2.04. The lowest BCUT2D eigenvalue weighted by atomic mass is 10.2. The number of phenolic OH excluding ortho intramolecular Hbond substituents is 1. The summed E-state index contributed by atoms with van der Waals surface area (Å²) in [5.74, 6) is 1.82. The van der Waals surface area contributed by atoms with Crippen molar-refractivity contribution in [3.05, 3.63) is 78.4 Å². The number of ether oxygens (including phenoxy) is 2. The number of methoxy groups -OCH3 is 1. The Morgan fingerprint density at radius 2 is 1.79 bits per heavy atom. The number of nitrogens with one attached hydrogen (secondary N) is 2. The van der Waals surface area contributed by atoms with Crippen LogP contribution in [-0.2, 0) is 0 Å². The highest BCUT2D eigenvalue weighted by molar-refractivity contribution is 7.90. The second kappa shape index (κ2) is 9.87. The number of hydrogen-bond donors (Lipinski definition) is 3. The van der Waals surface area contributed by atoms with E-state index in [1.54, 1.807) is 31.5 Å². The first-order valence-electron chi connectivity index (χ1n) is 8.40. The molecule has 0 unspecified atom stereocenters. The molecule has 3 aromatic carbocycles. The lowest BCUT2D eigenvalue weighted by molar-refractivity contribution is 0.411. The minimum Gasteiger partial charge on any atom is -0.504 e. The van der Waals surface area contributed by atoms with E-state index in [0.29, 0.717) is 11.5 Å². The van der Waals surface area contributed by atoms with Gasteiger partial charge in [-0.05, 0) is 48.0 Å². The van der Waals surface area contributed by atoms with Gasteiger partial charge in [0.05, 0.1) is 24.3 Å². The number of hydrogen-bond acceptors (Lipinski definition) is 6. The summed E-state index contributed by atoms with van der Waals surface area (Å²) in [6.45, 7) is 0. The lowest BCUT2D eigenvalue weighted by Gasteiger charge is -2.07. The Kier molecular flexibility index (Phi) is 6.73. The second-order valence-electron chi connectivity index (χ2n) is 5.52. The summed E-state index contributed by atoms with van der Waals surface area (Å²) in [4.78, 5) is 0. The Hall–Kier alpha value is -3.67. The summed E-state index contributed by atoms with van der Waals surface area (Å²) in [7, 11) is 1.62. The predicted molar refractivity (Wildman–Crippen MR) is 113 cm³/mol. The molecule has 0 aliphatic carbocycles. The van der Waals surface area contributed by atoms with Crippen LogP contribution < -0.4 is 19.6 Å². The van der Waals surface area contributed by atoms with Crippen molar-refractivity contribution in [1.82, 2.24) is 5.43 Å². The van der Waals surface area contributed by atoms with E-state index in [-0.39, 0.29) is 5.75 Å². The molecule has 0 fully saturated rings. The van der Waals surface area contributed by atoms with E-state index in [4.69, 9.17) is 9.47 Å². The molecule has 0 amide bonds. The third kappa shape index (κ3) is 5.41. The molecule has 0 heterocycles. The van der Waals surface area contributed by atoms with E-state index >= 15 is 0 Å². The number of anilines is 1. The molecule has 28 heavy (non-hydrogen) atoms. The van der Waals surface area contributed by atoms with Gasteiger partial charge in [0.1, 0.15) is 11.5 Å². The van der Waals surface area contributed by atoms with Crippen molar-refractivity contribution >= 4 is 23.3 Å². The normalized spacial score (nSPS) is 10.2. The maximum atomic E-state index is 10.1. The number of phenols is 1. The van der Waals surface area contributed by atoms with Crippen molar-refractivity contribution in [3.8, 4) is 28.3 Å². The fourth-order valence-corrected chi connectivity index (χ4v) is 2.71. The lowest BCUT2D eigenvalue weighted by Crippen LogP contribution is -1.95. The van der Waals surface area contributed by atoms with Gasteiger partial charge in [0.25, 0.3) is 0 Å². The Morgan fingerprint density at radius 3 is 2.57 bits per heavy atom. The Balaban J connectivity index is 1.54. The van der Waals surface area contributed by atoms with Crippen LogP contribution in [0.1, 0.15) is 5.56 Å². The van der Waals surface area contributed by atoms with Crippen molar-refractivity contribution in [3.63, 3.8) is 0 Å². The van der Waals surface area contributed by atoms with Crippen molar-refractivity contribution in [2.45, 2.75) is 0 Å². The highest BCUT2D eigenvalue weighted by atomic mass is 32.1. The number of rotatable bonds is 6. The molecule has 0 spiro atoms. The molecule has 0 radical (unpaired) electrons. The molecule has 0 saturated carbocycles. The summed E-state index contributed by atoms with van der Waals surface area (Å²) in [5.41, 5.74) is 4.24. The third-order valence-corrected chi connectivity index (χ3v) is 4.11. The van der Waals surface area contributed by atoms with Gasteiger partial charge in [-0.1, -0.05) is 30.3 Å². The van der Waals surface area contributed by atoms with E-state index in [9.17, 15) is 5.11 Å². The Labute approximate surface area is 167 Å². The summed E-state index contributed by atoms with van der Waals surface area (Å²) in [6, 6.07) is 21.9. The summed E-state index contributed by atoms with van der Waals surface area (Å²) in [5, 5.41) is 17.0. The van der Waals surface area contributed by atoms with Crippen molar-refractivity contribution in [1.29, 1.82) is 0 Å². The molecule has 6 nitrogen and oxygen atoms in total. The van der Waals surface area contributed by atoms with Gasteiger partial charge < -0.3 is 14.6 Å². The number of benzene rings is 3. The topological polar surface area (TPSA) is 75.1 Å². The number of aromatic hydroxyl groups is 1. The standard InChI is InChI=1S/C21H19N3O3S/c1-26-20-10-6-5-9-18(20)24-28-15-23-22-14-16-11-12-21(19(25)13-16)27-17-7-3-2-4-8-17/h2-14,23-25H,1H3/b22-14+. The average Bonchev–Trinajstić information content (AvgIpc) is 2.73. The third-order valence-electron chi connectivity index (χ3n) is 3.60. The van der Waals surface area contributed by atoms with Gasteiger partial charge >= 0.3 is 0 Å². The van der Waals surface area contributed by atoms with Crippen LogP contribution in [0, 0.1) is 5.31 Å². The molecule has 0 atom stereocenters. The monoisotopic (exact) mass is 393 g/mol. The predicted octanol–water partition coefficient (Wildman–Crippen LogP) is 4.79. The zero-order valence-electron chi connectivity index (χ0n) is 15.1. The van der Waals surface area contributed by atoms with E-state index in [0.717, 1.165) is 17.0 Å². The van der Waals surface area contributed by atoms with Crippen LogP contribution in [0.3, 0.4) is 0 Å². The van der Waals surface area contributed by atoms with E-state index in [1.807, 2.05) is 54.6 Å². The largest absolute Gasteiger partial charge is 0.504 e. The second-order valence-corrected chi connectivity index (χ2v) is 6.13. The van der Waals surface area contributed by atoms with Crippen molar-refractivity contribution in [2.24, 2.45) is 5.10 Å². The first-order valence-corrected chi connectivity index (χ1v) is 9.22. The Bertz CT molecular complexity index is 1010. The van der Waals surface area contributed by atoms with E-state index in [1.165, 1.54) is 11.4 Å². The van der Waals surface area contributed by atoms with Crippen LogP contribution in [-0.4, -0.2) is 18.4 Å². The fourth-order valence-electron chi connectivity index (χ4n) is 2.28. The maximum Gasteiger partial charge on any atom is 0.169 e. The van der Waals surface area contributed by atoms with Crippen molar-refractivity contribution in [2.75, 3.05) is 11.8 Å². The zero-order valence-corrected chi connectivity index (χ0v) is 15.9. The average molecular weight is 393 g/mol. The molecule has 0 aliphatic rings. The molecular weight excluding hydrogens is 374 g/mol. The summed E-state index contributed by atoms with van der Waals surface area (Å²) >= 11 is 1.20. The van der Waals surface area contributed by atoms with E-state index in [2.05, 4.69) is 20.6 Å². The summed E-state index contributed by atoms with van der Waals surface area (Å²) in [6.07, 6.45) is 1.57. The van der Waals surface area contributed by atoms with Crippen LogP contribution in [0.2, 0.25) is 0 Å². The molecule has 3 aromatic rings. The number of nitrogens with zero attached hydrogens (tertiary/aromatic N) is 1. The SMILES string of the molecule is COc1ccccc1NS#CN/N=C/c1ccc(Oc2ccccc2)c(O)c1. The van der Waals surface area contributed by atoms with Gasteiger partial charge in [0.15, 0.2) is 11.5 Å². The quantitative estimate of drug-likeness (QED) is 0.243. The minimum absolute atomic E-state index is 0.0352. The van der Waals surface area contributed by atoms with Gasteiger partial charge in [0, 0.05) is 11.4 Å². The molecule has 0 saturated heterocycles. The smallest absolute Gasteiger partial charge is 0.169 e. The zero-order chi connectivity index (χ0) is 19.6. The first-order chi connectivity index (χ1) is 13.8. The van der Waals surface area contributed by atoms with Crippen LogP contribution >= 0.6 is 11.4 Å². The molecule has 142 valence electrons. The van der Waals surface area contributed by atoms with Crippen LogP contribution in [0.15, 0.2) is 77.9 Å². The fraction of sp³-hybridized carbons (Fsp3) is 0.0476. The molecule has 3 rings (SSSR count). The van der Waals surface area contributed by atoms with Gasteiger partial charge in [0.2, 0.25) is 0 Å². The first kappa shape index (κ1) is 19.1. The minimum atomic E-state index is 0.0352. The maximum absolute atomic E-state index is 10.1. The molecule has 3 N–H and O–H groups in total. The van der Waals surface area contributed by atoms with Crippen LogP contribution in [0.4, 0.5) is 5.69 Å². The Morgan fingerprint density at radius 1 is 1.00 bits per heavy atom. The highest BCUT2D eigenvalue weighted by Crippen LogP contribution is 2.30. The van der Waals surface area contributed by atoms with Gasteiger partial charge in [-0.15, -0.1) is 0 Å². The number of hydrazone groups is 1. The molecular formula is C21H19N3O3S.